The Morgan fingerprint density at radius 2 is 1.74 bits per heavy atom. The van der Waals surface area contributed by atoms with Crippen molar-refractivity contribution in [2.45, 2.75) is 49.6 Å². The standard InChI is InChI=1S/C22H28N2O2S/c1-2-3-9-15-23-16-14-22(18-23)20-12-7-8-13-21(20)27(25,26)24(22)17-19-10-5-4-6-11-19/h4-8,10-13H,2-3,9,14-18H2,1H3. The van der Waals surface area contributed by atoms with Crippen LogP contribution in [0.5, 0.6) is 0 Å². The van der Waals surface area contributed by atoms with E-state index in [1.165, 1.54) is 19.3 Å². The zero-order chi connectivity index (χ0) is 18.9. The summed E-state index contributed by atoms with van der Waals surface area (Å²) < 4.78 is 28.6. The van der Waals surface area contributed by atoms with Gasteiger partial charge in [0.15, 0.2) is 0 Å². The van der Waals surface area contributed by atoms with Crippen LogP contribution in [-0.4, -0.2) is 37.3 Å². The van der Waals surface area contributed by atoms with E-state index in [-0.39, 0.29) is 0 Å². The fourth-order valence-corrected chi connectivity index (χ4v) is 6.67. The highest BCUT2D eigenvalue weighted by atomic mass is 32.2. The first kappa shape index (κ1) is 18.7. The molecule has 144 valence electrons. The highest BCUT2D eigenvalue weighted by Gasteiger charge is 2.56. The fourth-order valence-electron chi connectivity index (χ4n) is 4.62. The van der Waals surface area contributed by atoms with Crippen LogP contribution in [0.3, 0.4) is 0 Å². The zero-order valence-electron chi connectivity index (χ0n) is 16.0. The molecule has 0 saturated carbocycles. The predicted molar refractivity (Wildman–Crippen MR) is 108 cm³/mol. The maximum absolute atomic E-state index is 13.4. The lowest BCUT2D eigenvalue weighted by molar-refractivity contribution is 0.186. The van der Waals surface area contributed by atoms with Crippen molar-refractivity contribution in [3.05, 3.63) is 65.7 Å². The Kier molecular flexibility index (Phi) is 5.10. The summed E-state index contributed by atoms with van der Waals surface area (Å²) in [5.41, 5.74) is 1.59. The van der Waals surface area contributed by atoms with E-state index in [9.17, 15) is 8.42 Å². The van der Waals surface area contributed by atoms with E-state index in [0.29, 0.717) is 11.4 Å². The Morgan fingerprint density at radius 1 is 1.00 bits per heavy atom. The molecular weight excluding hydrogens is 356 g/mol. The number of benzene rings is 2. The minimum atomic E-state index is -3.48. The van der Waals surface area contributed by atoms with Crippen LogP contribution in [-0.2, 0) is 22.1 Å². The van der Waals surface area contributed by atoms with Crippen molar-refractivity contribution in [2.24, 2.45) is 0 Å². The van der Waals surface area contributed by atoms with E-state index in [4.69, 9.17) is 0 Å². The van der Waals surface area contributed by atoms with Crippen LogP contribution in [0.1, 0.15) is 43.7 Å². The summed E-state index contributed by atoms with van der Waals surface area (Å²) in [6.45, 7) is 5.45. The average molecular weight is 385 g/mol. The average Bonchev–Trinajstić information content (AvgIpc) is 3.18. The van der Waals surface area contributed by atoms with E-state index in [2.05, 4.69) is 11.8 Å². The van der Waals surface area contributed by atoms with Crippen LogP contribution >= 0.6 is 0 Å². The zero-order valence-corrected chi connectivity index (χ0v) is 16.8. The lowest BCUT2D eigenvalue weighted by atomic mass is 9.88. The van der Waals surface area contributed by atoms with E-state index < -0.39 is 15.6 Å². The maximum atomic E-state index is 13.4. The van der Waals surface area contributed by atoms with Gasteiger partial charge in [0.05, 0.1) is 10.4 Å². The smallest absolute Gasteiger partial charge is 0.244 e. The van der Waals surface area contributed by atoms with Gasteiger partial charge in [0.2, 0.25) is 10.0 Å². The van der Waals surface area contributed by atoms with Crippen LogP contribution < -0.4 is 0 Å². The van der Waals surface area contributed by atoms with Gasteiger partial charge in [-0.25, -0.2) is 8.42 Å². The van der Waals surface area contributed by atoms with E-state index >= 15 is 0 Å². The van der Waals surface area contributed by atoms with Crippen molar-refractivity contribution in [1.29, 1.82) is 0 Å². The van der Waals surface area contributed by atoms with Gasteiger partial charge in [-0.1, -0.05) is 68.3 Å². The Balaban J connectivity index is 1.70. The molecule has 5 heteroatoms. The molecule has 2 aliphatic rings. The molecule has 0 amide bonds. The number of fused-ring (bicyclic) bond motifs is 2. The Hall–Kier alpha value is -1.69. The number of unbranched alkanes of at least 4 members (excludes halogenated alkanes) is 2. The molecule has 0 bridgehead atoms. The minimum Gasteiger partial charge on any atom is -0.301 e. The third-order valence-electron chi connectivity index (χ3n) is 6.01. The third-order valence-corrected chi connectivity index (χ3v) is 7.98. The van der Waals surface area contributed by atoms with Crippen molar-refractivity contribution in [2.75, 3.05) is 19.6 Å². The molecule has 0 aromatic heterocycles. The summed E-state index contributed by atoms with van der Waals surface area (Å²) in [5.74, 6) is 0. The molecule has 2 aromatic carbocycles. The summed E-state index contributed by atoms with van der Waals surface area (Å²) in [6.07, 6.45) is 4.48. The molecule has 0 aliphatic carbocycles. The van der Waals surface area contributed by atoms with Gasteiger partial charge in [0, 0.05) is 19.6 Å². The van der Waals surface area contributed by atoms with Crippen molar-refractivity contribution < 1.29 is 8.42 Å². The molecule has 4 nitrogen and oxygen atoms in total. The monoisotopic (exact) mass is 384 g/mol. The first-order valence-corrected chi connectivity index (χ1v) is 11.4. The summed E-state index contributed by atoms with van der Waals surface area (Å²) in [7, 11) is -3.48. The molecule has 2 aromatic rings. The van der Waals surface area contributed by atoms with Gasteiger partial charge in [-0.2, -0.15) is 4.31 Å². The number of hydrogen-bond acceptors (Lipinski definition) is 3. The first-order valence-electron chi connectivity index (χ1n) is 9.96. The molecule has 4 rings (SSSR count). The fraction of sp³-hybridized carbons (Fsp3) is 0.455. The molecule has 2 heterocycles. The predicted octanol–water partition coefficient (Wildman–Crippen LogP) is 3.98. The van der Waals surface area contributed by atoms with Crippen molar-refractivity contribution >= 4 is 10.0 Å². The lowest BCUT2D eigenvalue weighted by Crippen LogP contribution is -2.45. The second kappa shape index (κ2) is 7.38. The van der Waals surface area contributed by atoms with Crippen LogP contribution in [0.4, 0.5) is 0 Å². The summed E-state index contributed by atoms with van der Waals surface area (Å²) in [5, 5.41) is 0. The minimum absolute atomic E-state index is 0.431. The van der Waals surface area contributed by atoms with Gasteiger partial charge < -0.3 is 4.90 Å². The number of hydrogen-bond donors (Lipinski definition) is 0. The highest BCUT2D eigenvalue weighted by molar-refractivity contribution is 7.89. The van der Waals surface area contributed by atoms with Crippen LogP contribution in [0.2, 0.25) is 0 Å². The van der Waals surface area contributed by atoms with Gasteiger partial charge in [0.1, 0.15) is 0 Å². The van der Waals surface area contributed by atoms with E-state index in [0.717, 1.165) is 37.2 Å². The second-order valence-corrected chi connectivity index (χ2v) is 9.59. The summed E-state index contributed by atoms with van der Waals surface area (Å²) >= 11 is 0. The van der Waals surface area contributed by atoms with Gasteiger partial charge in [-0.15, -0.1) is 0 Å². The van der Waals surface area contributed by atoms with E-state index in [1.807, 2.05) is 48.5 Å². The second-order valence-electron chi connectivity index (χ2n) is 7.76. The number of sulfonamides is 1. The van der Waals surface area contributed by atoms with Crippen LogP contribution in [0, 0.1) is 0 Å². The van der Waals surface area contributed by atoms with Crippen LogP contribution in [0.15, 0.2) is 59.5 Å². The van der Waals surface area contributed by atoms with Gasteiger partial charge in [-0.3, -0.25) is 0 Å². The molecule has 0 N–H and O–H groups in total. The lowest BCUT2D eigenvalue weighted by Gasteiger charge is -2.34. The maximum Gasteiger partial charge on any atom is 0.244 e. The quantitative estimate of drug-likeness (QED) is 0.707. The SMILES string of the molecule is CCCCCN1CCC2(C1)c1ccccc1S(=O)(=O)N2Cc1ccccc1. The Morgan fingerprint density at radius 3 is 2.52 bits per heavy atom. The largest absolute Gasteiger partial charge is 0.301 e. The van der Waals surface area contributed by atoms with Gasteiger partial charge in [0.25, 0.3) is 0 Å². The van der Waals surface area contributed by atoms with Crippen molar-refractivity contribution in [3.8, 4) is 0 Å². The van der Waals surface area contributed by atoms with Gasteiger partial charge in [-0.05, 0) is 36.6 Å². The topological polar surface area (TPSA) is 40.6 Å². The van der Waals surface area contributed by atoms with Crippen molar-refractivity contribution in [3.63, 3.8) is 0 Å². The number of rotatable bonds is 6. The first-order chi connectivity index (χ1) is 13.1. The molecule has 1 saturated heterocycles. The van der Waals surface area contributed by atoms with E-state index in [1.54, 1.807) is 10.4 Å². The molecule has 1 spiro atoms. The molecule has 27 heavy (non-hydrogen) atoms. The highest BCUT2D eigenvalue weighted by Crippen LogP contribution is 2.50. The Bertz CT molecular complexity index is 898. The van der Waals surface area contributed by atoms with Crippen LogP contribution in [0.25, 0.3) is 0 Å². The van der Waals surface area contributed by atoms with Crippen molar-refractivity contribution in [1.82, 2.24) is 9.21 Å². The molecular formula is C22H28N2O2S. The summed E-state index contributed by atoms with van der Waals surface area (Å²) in [4.78, 5) is 2.95. The third kappa shape index (κ3) is 3.22. The molecule has 1 atom stereocenters. The molecule has 1 unspecified atom stereocenters. The number of likely N-dealkylation sites (tertiary alicyclic amines) is 1. The normalized spacial score (nSPS) is 24.5. The number of nitrogens with zero attached hydrogens (tertiary/aromatic N) is 2. The van der Waals surface area contributed by atoms with Gasteiger partial charge >= 0.3 is 0 Å². The molecule has 1 fully saturated rings. The molecule has 0 radical (unpaired) electrons. The summed E-state index contributed by atoms with van der Waals surface area (Å²) in [6, 6.07) is 17.6. The Labute approximate surface area is 162 Å². The molecule has 2 aliphatic heterocycles.